The molecule has 7 heteroatoms. The van der Waals surface area contributed by atoms with Gasteiger partial charge in [-0.1, -0.05) is 29.8 Å². The van der Waals surface area contributed by atoms with Gasteiger partial charge in [0.1, 0.15) is 0 Å². The molecule has 0 aliphatic carbocycles. The van der Waals surface area contributed by atoms with Gasteiger partial charge in [0.25, 0.3) is 0 Å². The Labute approximate surface area is 153 Å². The summed E-state index contributed by atoms with van der Waals surface area (Å²) in [5, 5.41) is 14.3. The highest BCUT2D eigenvalue weighted by atomic mass is 16.4. The molecule has 142 valence electrons. The summed E-state index contributed by atoms with van der Waals surface area (Å²) in [6.45, 7) is 3.96. The molecule has 1 fully saturated rings. The topological polar surface area (TPSA) is 98.7 Å². The number of benzene rings is 1. The molecule has 0 spiro atoms. The Bertz CT molecular complexity index is 622. The molecule has 2 rings (SSSR count). The molecule has 0 radical (unpaired) electrons. The second-order valence-corrected chi connectivity index (χ2v) is 6.69. The van der Waals surface area contributed by atoms with E-state index < -0.39 is 5.97 Å². The van der Waals surface area contributed by atoms with Crippen molar-refractivity contribution in [3.8, 4) is 0 Å². The highest BCUT2D eigenvalue weighted by molar-refractivity contribution is 5.79. The van der Waals surface area contributed by atoms with Gasteiger partial charge < -0.3 is 20.6 Å². The summed E-state index contributed by atoms with van der Waals surface area (Å²) in [4.78, 5) is 36.5. The number of carboxylic acids is 1. The monoisotopic (exact) mass is 361 g/mol. The number of rotatable bonds is 7. The van der Waals surface area contributed by atoms with Crippen LogP contribution in [0.3, 0.4) is 0 Å². The fraction of sp³-hybridized carbons (Fsp3) is 0.526. The molecule has 3 N–H and O–H groups in total. The minimum atomic E-state index is -0.864. The number of piperidine rings is 1. The predicted molar refractivity (Wildman–Crippen MR) is 97.6 cm³/mol. The van der Waals surface area contributed by atoms with Gasteiger partial charge in [0.2, 0.25) is 5.91 Å². The van der Waals surface area contributed by atoms with Gasteiger partial charge >= 0.3 is 12.0 Å². The Morgan fingerprint density at radius 1 is 1.12 bits per heavy atom. The largest absolute Gasteiger partial charge is 0.481 e. The van der Waals surface area contributed by atoms with Crippen molar-refractivity contribution >= 4 is 17.9 Å². The van der Waals surface area contributed by atoms with E-state index in [4.69, 9.17) is 5.11 Å². The minimum absolute atomic E-state index is 0.0343. The first-order valence-corrected chi connectivity index (χ1v) is 9.03. The van der Waals surface area contributed by atoms with Gasteiger partial charge in [-0.25, -0.2) is 4.79 Å². The van der Waals surface area contributed by atoms with Crippen molar-refractivity contribution < 1.29 is 19.5 Å². The summed E-state index contributed by atoms with van der Waals surface area (Å²) in [5.74, 6) is -0.902. The third kappa shape index (κ3) is 6.38. The van der Waals surface area contributed by atoms with Crippen LogP contribution in [-0.2, 0) is 16.1 Å². The smallest absolute Gasteiger partial charge is 0.317 e. The number of urea groups is 1. The summed E-state index contributed by atoms with van der Waals surface area (Å²) < 4.78 is 0. The van der Waals surface area contributed by atoms with Gasteiger partial charge in [0, 0.05) is 38.5 Å². The van der Waals surface area contributed by atoms with E-state index >= 15 is 0 Å². The molecule has 1 heterocycles. The first kappa shape index (κ1) is 19.8. The number of hydrogen-bond donors (Lipinski definition) is 3. The zero-order valence-electron chi connectivity index (χ0n) is 15.2. The number of aliphatic carboxylic acids is 1. The Morgan fingerprint density at radius 2 is 1.77 bits per heavy atom. The van der Waals surface area contributed by atoms with Crippen molar-refractivity contribution in [1.29, 1.82) is 0 Å². The van der Waals surface area contributed by atoms with Crippen molar-refractivity contribution in [1.82, 2.24) is 15.5 Å². The van der Waals surface area contributed by atoms with Crippen LogP contribution in [0.4, 0.5) is 4.79 Å². The highest BCUT2D eigenvalue weighted by Gasteiger charge is 2.27. The van der Waals surface area contributed by atoms with Crippen LogP contribution in [0.15, 0.2) is 24.3 Å². The van der Waals surface area contributed by atoms with Gasteiger partial charge in [-0.15, -0.1) is 0 Å². The lowest BCUT2D eigenvalue weighted by molar-refractivity contribution is -0.137. The van der Waals surface area contributed by atoms with E-state index in [1.165, 1.54) is 5.56 Å². The van der Waals surface area contributed by atoms with Crippen molar-refractivity contribution in [3.05, 3.63) is 35.4 Å². The molecule has 1 aromatic rings. The molecular formula is C19H27N3O4. The number of carbonyl (C=O) groups excluding carboxylic acids is 2. The lowest BCUT2D eigenvalue weighted by atomic mass is 9.96. The third-order valence-corrected chi connectivity index (χ3v) is 4.58. The van der Waals surface area contributed by atoms with E-state index in [9.17, 15) is 14.4 Å². The number of hydrogen-bond acceptors (Lipinski definition) is 3. The van der Waals surface area contributed by atoms with E-state index in [0.29, 0.717) is 45.4 Å². The maximum Gasteiger partial charge on any atom is 0.317 e. The van der Waals surface area contributed by atoms with Crippen LogP contribution in [0.2, 0.25) is 0 Å². The molecule has 1 saturated heterocycles. The van der Waals surface area contributed by atoms with E-state index in [-0.39, 0.29) is 24.3 Å². The molecule has 1 aliphatic rings. The second-order valence-electron chi connectivity index (χ2n) is 6.69. The minimum Gasteiger partial charge on any atom is -0.481 e. The van der Waals surface area contributed by atoms with Crippen molar-refractivity contribution in [2.45, 2.75) is 39.2 Å². The van der Waals surface area contributed by atoms with Crippen LogP contribution in [0, 0.1) is 12.8 Å². The maximum absolute atomic E-state index is 12.3. The van der Waals surface area contributed by atoms with E-state index in [1.807, 2.05) is 31.2 Å². The summed E-state index contributed by atoms with van der Waals surface area (Å²) in [7, 11) is 0. The molecule has 0 unspecified atom stereocenters. The normalized spacial score (nSPS) is 14.7. The van der Waals surface area contributed by atoms with Crippen LogP contribution < -0.4 is 10.6 Å². The fourth-order valence-corrected chi connectivity index (χ4v) is 2.93. The first-order chi connectivity index (χ1) is 12.5. The van der Waals surface area contributed by atoms with E-state index in [1.54, 1.807) is 4.90 Å². The Morgan fingerprint density at radius 3 is 2.38 bits per heavy atom. The molecule has 26 heavy (non-hydrogen) atoms. The predicted octanol–water partition coefficient (Wildman–Crippen LogP) is 1.90. The van der Waals surface area contributed by atoms with Crippen LogP contribution in [-0.4, -0.2) is 47.5 Å². The Kier molecular flexibility index (Phi) is 7.44. The van der Waals surface area contributed by atoms with Crippen molar-refractivity contribution in [2.75, 3.05) is 19.6 Å². The molecule has 0 saturated carbocycles. The molecule has 7 nitrogen and oxygen atoms in total. The Hall–Kier alpha value is -2.57. The lowest BCUT2D eigenvalue weighted by Gasteiger charge is -2.31. The maximum atomic E-state index is 12.3. The van der Waals surface area contributed by atoms with Gasteiger partial charge in [-0.2, -0.15) is 0 Å². The molecule has 3 amide bonds. The molecule has 1 aromatic carbocycles. The van der Waals surface area contributed by atoms with Gasteiger partial charge in [0.15, 0.2) is 0 Å². The molecule has 0 atom stereocenters. The number of aryl methyl sites for hydroxylation is 1. The Balaban J connectivity index is 1.66. The lowest BCUT2D eigenvalue weighted by Crippen LogP contribution is -2.47. The van der Waals surface area contributed by atoms with Gasteiger partial charge in [-0.05, 0) is 31.7 Å². The summed E-state index contributed by atoms with van der Waals surface area (Å²) in [6, 6.07) is 7.87. The average molecular weight is 361 g/mol. The summed E-state index contributed by atoms with van der Waals surface area (Å²) >= 11 is 0. The van der Waals surface area contributed by atoms with Crippen LogP contribution in [0.1, 0.15) is 36.8 Å². The van der Waals surface area contributed by atoms with Crippen molar-refractivity contribution in [3.63, 3.8) is 0 Å². The quantitative estimate of drug-likeness (QED) is 0.646. The zero-order valence-corrected chi connectivity index (χ0v) is 15.2. The number of carboxylic acid groups (broad SMARTS) is 1. The molecule has 0 aromatic heterocycles. The van der Waals surface area contributed by atoms with E-state index in [2.05, 4.69) is 10.6 Å². The average Bonchev–Trinajstić information content (AvgIpc) is 2.64. The number of amides is 3. The highest BCUT2D eigenvalue weighted by Crippen LogP contribution is 2.17. The number of carbonyl (C=O) groups is 3. The van der Waals surface area contributed by atoms with Crippen LogP contribution in [0.5, 0.6) is 0 Å². The second kappa shape index (κ2) is 9.79. The van der Waals surface area contributed by atoms with Gasteiger partial charge in [0.05, 0.1) is 0 Å². The third-order valence-electron chi connectivity index (χ3n) is 4.58. The van der Waals surface area contributed by atoms with Crippen molar-refractivity contribution in [2.24, 2.45) is 5.92 Å². The molecule has 1 aliphatic heterocycles. The number of likely N-dealkylation sites (tertiary alicyclic amines) is 1. The first-order valence-electron chi connectivity index (χ1n) is 9.03. The number of nitrogens with one attached hydrogen (secondary N) is 2. The van der Waals surface area contributed by atoms with Gasteiger partial charge in [-0.3, -0.25) is 9.59 Å². The summed E-state index contributed by atoms with van der Waals surface area (Å²) in [6.07, 6.45) is 1.74. The molecular weight excluding hydrogens is 334 g/mol. The van der Waals surface area contributed by atoms with Crippen LogP contribution in [0.25, 0.3) is 0 Å². The zero-order chi connectivity index (χ0) is 18.9. The SMILES string of the molecule is Cc1ccc(CNC(=O)C2CCN(C(=O)NCCCC(=O)O)CC2)cc1. The van der Waals surface area contributed by atoms with Crippen LogP contribution >= 0.6 is 0 Å². The standard InChI is InChI=1S/C19H27N3O4/c1-14-4-6-15(7-5-14)13-21-18(25)16-8-11-22(12-9-16)19(26)20-10-2-3-17(23)24/h4-7,16H,2-3,8-13H2,1H3,(H,20,26)(H,21,25)(H,23,24). The number of nitrogens with zero attached hydrogens (tertiary/aromatic N) is 1. The van der Waals surface area contributed by atoms with E-state index in [0.717, 1.165) is 5.56 Å². The summed E-state index contributed by atoms with van der Waals surface area (Å²) in [5.41, 5.74) is 2.26. The fourth-order valence-electron chi connectivity index (χ4n) is 2.93. The molecule has 0 bridgehead atoms.